The second-order valence-electron chi connectivity index (χ2n) is 7.11. The zero-order valence-corrected chi connectivity index (χ0v) is 17.4. The quantitative estimate of drug-likeness (QED) is 0.837. The van der Waals surface area contributed by atoms with Gasteiger partial charge in [-0.3, -0.25) is 0 Å². The Kier molecular flexibility index (Phi) is 7.74. The molecule has 2 rings (SSSR count). The van der Waals surface area contributed by atoms with Crippen LogP contribution in [0, 0.1) is 12.8 Å². The molecule has 1 heterocycles. The monoisotopic (exact) mass is 390 g/mol. The van der Waals surface area contributed by atoms with Crippen LogP contribution in [0.25, 0.3) is 0 Å². The van der Waals surface area contributed by atoms with Crippen LogP contribution in [0.4, 0.5) is 0 Å². The minimum atomic E-state index is -3.49. The van der Waals surface area contributed by atoms with Crippen molar-refractivity contribution < 1.29 is 13.2 Å². The van der Waals surface area contributed by atoms with Crippen LogP contribution in [0.2, 0.25) is 0 Å². The van der Waals surface area contributed by atoms with Crippen LogP contribution in [-0.4, -0.2) is 39.0 Å². The van der Waals surface area contributed by atoms with Gasteiger partial charge in [0.1, 0.15) is 5.75 Å². The SMILES string of the molecule is COc1cc(C)c(S(=O)(=O)N2CCC(C(C)N)CC2)cc1C(C)C.Cl. The number of aryl methyl sites for hydroxylation is 1. The molecule has 7 heteroatoms. The number of methoxy groups -OCH3 is 1. The van der Waals surface area contributed by atoms with Gasteiger partial charge in [0, 0.05) is 19.1 Å². The van der Waals surface area contributed by atoms with Crippen LogP contribution in [0.1, 0.15) is 50.7 Å². The molecule has 25 heavy (non-hydrogen) atoms. The number of nitrogens with zero attached hydrogens (tertiary/aromatic N) is 1. The second kappa shape index (κ2) is 8.71. The lowest BCUT2D eigenvalue weighted by Gasteiger charge is -2.33. The molecule has 2 N–H and O–H groups in total. The first-order chi connectivity index (χ1) is 11.2. The largest absolute Gasteiger partial charge is 0.496 e. The molecule has 144 valence electrons. The zero-order valence-electron chi connectivity index (χ0n) is 15.8. The predicted octanol–water partition coefficient (Wildman–Crippen LogP) is 3.30. The molecule has 0 amide bonds. The third-order valence-electron chi connectivity index (χ3n) is 5.01. The summed E-state index contributed by atoms with van der Waals surface area (Å²) in [7, 11) is -1.87. The molecule has 0 aromatic heterocycles. The van der Waals surface area contributed by atoms with Gasteiger partial charge < -0.3 is 10.5 Å². The van der Waals surface area contributed by atoms with E-state index in [1.807, 2.05) is 33.8 Å². The Morgan fingerprint density at radius 1 is 1.20 bits per heavy atom. The van der Waals surface area contributed by atoms with Crippen molar-refractivity contribution in [1.82, 2.24) is 4.31 Å². The van der Waals surface area contributed by atoms with E-state index in [9.17, 15) is 8.42 Å². The number of piperidine rings is 1. The lowest BCUT2D eigenvalue weighted by Crippen LogP contribution is -2.42. The van der Waals surface area contributed by atoms with Crippen molar-refractivity contribution in [2.75, 3.05) is 20.2 Å². The Morgan fingerprint density at radius 3 is 2.20 bits per heavy atom. The average molecular weight is 391 g/mol. The van der Waals surface area contributed by atoms with Crippen molar-refractivity contribution in [2.24, 2.45) is 11.7 Å². The molecule has 0 aliphatic carbocycles. The van der Waals surface area contributed by atoms with Gasteiger partial charge in [-0.05, 0) is 61.8 Å². The number of sulfonamides is 1. The maximum Gasteiger partial charge on any atom is 0.243 e. The van der Waals surface area contributed by atoms with Crippen LogP contribution in [0.3, 0.4) is 0 Å². The van der Waals surface area contributed by atoms with E-state index in [4.69, 9.17) is 10.5 Å². The maximum absolute atomic E-state index is 13.1. The summed E-state index contributed by atoms with van der Waals surface area (Å²) in [5.41, 5.74) is 7.61. The van der Waals surface area contributed by atoms with E-state index in [0.717, 1.165) is 29.7 Å². The third kappa shape index (κ3) is 4.67. The topological polar surface area (TPSA) is 72.6 Å². The second-order valence-corrected chi connectivity index (χ2v) is 9.02. The average Bonchev–Trinajstić information content (AvgIpc) is 2.53. The van der Waals surface area contributed by atoms with Gasteiger partial charge in [0.05, 0.1) is 12.0 Å². The molecular formula is C18H31ClN2O3S. The minimum absolute atomic E-state index is 0. The molecule has 1 unspecified atom stereocenters. The molecule has 0 radical (unpaired) electrons. The molecule has 1 aromatic rings. The highest BCUT2D eigenvalue weighted by molar-refractivity contribution is 7.89. The first-order valence-electron chi connectivity index (χ1n) is 8.62. The van der Waals surface area contributed by atoms with Gasteiger partial charge in [0.2, 0.25) is 10.0 Å². The van der Waals surface area contributed by atoms with Gasteiger partial charge in [0.25, 0.3) is 0 Å². The highest BCUT2D eigenvalue weighted by Crippen LogP contribution is 2.34. The fourth-order valence-electron chi connectivity index (χ4n) is 3.36. The zero-order chi connectivity index (χ0) is 18.1. The Bertz CT molecular complexity index is 682. The molecule has 0 saturated carbocycles. The third-order valence-corrected chi connectivity index (χ3v) is 7.05. The fourth-order valence-corrected chi connectivity index (χ4v) is 5.08. The van der Waals surface area contributed by atoms with Crippen molar-refractivity contribution in [3.05, 3.63) is 23.3 Å². The number of benzene rings is 1. The summed E-state index contributed by atoms with van der Waals surface area (Å²) >= 11 is 0. The molecule has 5 nitrogen and oxygen atoms in total. The van der Waals surface area contributed by atoms with Crippen molar-refractivity contribution in [1.29, 1.82) is 0 Å². The van der Waals surface area contributed by atoms with Crippen LogP contribution in [0.15, 0.2) is 17.0 Å². The Hall–Kier alpha value is -0.820. The minimum Gasteiger partial charge on any atom is -0.496 e. The first-order valence-corrected chi connectivity index (χ1v) is 10.1. The predicted molar refractivity (Wildman–Crippen MR) is 104 cm³/mol. The van der Waals surface area contributed by atoms with E-state index in [-0.39, 0.29) is 24.4 Å². The van der Waals surface area contributed by atoms with Crippen LogP contribution < -0.4 is 10.5 Å². The molecule has 1 atom stereocenters. The van der Waals surface area contributed by atoms with Crippen LogP contribution >= 0.6 is 12.4 Å². The number of ether oxygens (including phenoxy) is 1. The van der Waals surface area contributed by atoms with E-state index >= 15 is 0 Å². The molecule has 1 aliphatic heterocycles. The Labute approximate surface area is 158 Å². The molecule has 1 aromatic carbocycles. The summed E-state index contributed by atoms with van der Waals surface area (Å²) < 4.78 is 33.2. The summed E-state index contributed by atoms with van der Waals surface area (Å²) in [6, 6.07) is 3.73. The molecule has 0 spiro atoms. The Balaban J connectivity index is 0.00000312. The van der Waals surface area contributed by atoms with E-state index < -0.39 is 10.0 Å². The standard InChI is InChI=1S/C18H30N2O3S.ClH/c1-12(2)16-11-18(13(3)10-17(16)23-5)24(21,22)20-8-6-15(7-9-20)14(4)19;/h10-12,14-15H,6-9,19H2,1-5H3;1H. The van der Waals surface area contributed by atoms with Gasteiger partial charge in [-0.2, -0.15) is 4.31 Å². The normalized spacial score (nSPS) is 18.0. The molecule has 1 fully saturated rings. The summed E-state index contributed by atoms with van der Waals surface area (Å²) in [4.78, 5) is 0.395. The number of nitrogens with two attached hydrogens (primary N) is 1. The van der Waals surface area contributed by atoms with Gasteiger partial charge in [-0.25, -0.2) is 8.42 Å². The highest BCUT2D eigenvalue weighted by atomic mass is 35.5. The van der Waals surface area contributed by atoms with Gasteiger partial charge in [-0.15, -0.1) is 12.4 Å². The van der Waals surface area contributed by atoms with Crippen molar-refractivity contribution in [2.45, 2.75) is 57.4 Å². The molecule has 1 aliphatic rings. The van der Waals surface area contributed by atoms with Gasteiger partial charge >= 0.3 is 0 Å². The maximum atomic E-state index is 13.1. The Morgan fingerprint density at radius 2 is 1.76 bits per heavy atom. The number of rotatable bonds is 5. The number of halogens is 1. The van der Waals surface area contributed by atoms with Crippen molar-refractivity contribution in [3.8, 4) is 5.75 Å². The summed E-state index contributed by atoms with van der Waals surface area (Å²) in [6.45, 7) is 8.98. The lowest BCUT2D eigenvalue weighted by atomic mass is 9.92. The van der Waals surface area contributed by atoms with E-state index in [2.05, 4.69) is 0 Å². The molecule has 0 bridgehead atoms. The van der Waals surface area contributed by atoms with E-state index in [1.165, 1.54) is 0 Å². The van der Waals surface area contributed by atoms with E-state index in [0.29, 0.717) is 23.9 Å². The summed E-state index contributed by atoms with van der Waals surface area (Å²) in [5.74, 6) is 1.34. The van der Waals surface area contributed by atoms with Crippen LogP contribution in [0.5, 0.6) is 5.75 Å². The molecular weight excluding hydrogens is 360 g/mol. The van der Waals surface area contributed by atoms with Crippen molar-refractivity contribution >= 4 is 22.4 Å². The highest BCUT2D eigenvalue weighted by Gasteiger charge is 2.32. The van der Waals surface area contributed by atoms with Crippen LogP contribution in [-0.2, 0) is 10.0 Å². The number of hydrogen-bond donors (Lipinski definition) is 1. The molecule has 1 saturated heterocycles. The van der Waals surface area contributed by atoms with Gasteiger partial charge in [-0.1, -0.05) is 13.8 Å². The number of hydrogen-bond acceptors (Lipinski definition) is 4. The summed E-state index contributed by atoms with van der Waals surface area (Å²) in [5, 5.41) is 0. The van der Waals surface area contributed by atoms with Crippen molar-refractivity contribution in [3.63, 3.8) is 0 Å². The lowest BCUT2D eigenvalue weighted by molar-refractivity contribution is 0.250. The smallest absolute Gasteiger partial charge is 0.243 e. The van der Waals surface area contributed by atoms with Gasteiger partial charge in [0.15, 0.2) is 0 Å². The van der Waals surface area contributed by atoms with E-state index in [1.54, 1.807) is 17.5 Å². The first kappa shape index (κ1) is 22.2. The summed E-state index contributed by atoms with van der Waals surface area (Å²) in [6.07, 6.45) is 1.65. The fraction of sp³-hybridized carbons (Fsp3) is 0.667.